The van der Waals surface area contributed by atoms with E-state index in [4.69, 9.17) is 9.97 Å². The normalized spacial score (nSPS) is 10.8. The number of hydrogen-bond donors (Lipinski definition) is 1. The van der Waals surface area contributed by atoms with Crippen molar-refractivity contribution in [3.8, 4) is 11.4 Å². The number of anilines is 1. The van der Waals surface area contributed by atoms with Crippen LogP contribution < -0.4 is 5.32 Å². The third-order valence-electron chi connectivity index (χ3n) is 4.25. The van der Waals surface area contributed by atoms with E-state index in [0.29, 0.717) is 12.4 Å². The van der Waals surface area contributed by atoms with Gasteiger partial charge in [-0.2, -0.15) is 0 Å². The van der Waals surface area contributed by atoms with E-state index < -0.39 is 0 Å². The summed E-state index contributed by atoms with van der Waals surface area (Å²) >= 11 is 0. The molecule has 4 aromatic rings. The third kappa shape index (κ3) is 3.40. The summed E-state index contributed by atoms with van der Waals surface area (Å²) < 4.78 is 13.1. The van der Waals surface area contributed by atoms with Crippen molar-refractivity contribution in [2.45, 2.75) is 13.5 Å². The van der Waals surface area contributed by atoms with Crippen LogP contribution in [0, 0.1) is 12.7 Å². The summed E-state index contributed by atoms with van der Waals surface area (Å²) in [7, 11) is 0. The molecule has 0 aliphatic carbocycles. The molecule has 0 radical (unpaired) electrons. The Morgan fingerprint density at radius 2 is 1.69 bits per heavy atom. The van der Waals surface area contributed by atoms with Gasteiger partial charge in [-0.25, -0.2) is 14.4 Å². The SMILES string of the molecule is Cc1cccc(-c2nc(NCc3ccc(F)cc3)c3ccccc3n2)c1. The van der Waals surface area contributed by atoms with E-state index in [0.717, 1.165) is 27.8 Å². The molecule has 0 saturated carbocycles. The van der Waals surface area contributed by atoms with Crippen LogP contribution in [-0.4, -0.2) is 9.97 Å². The number of halogens is 1. The Labute approximate surface area is 151 Å². The number of nitrogens with zero attached hydrogens (tertiary/aromatic N) is 2. The lowest BCUT2D eigenvalue weighted by Gasteiger charge is -2.11. The molecule has 26 heavy (non-hydrogen) atoms. The first-order valence-corrected chi connectivity index (χ1v) is 8.51. The van der Waals surface area contributed by atoms with Crippen LogP contribution in [0.5, 0.6) is 0 Å². The molecular weight excluding hydrogens is 325 g/mol. The fraction of sp³-hybridized carbons (Fsp3) is 0.0909. The second-order valence-corrected chi connectivity index (χ2v) is 6.26. The zero-order valence-corrected chi connectivity index (χ0v) is 14.4. The monoisotopic (exact) mass is 343 g/mol. The summed E-state index contributed by atoms with van der Waals surface area (Å²) in [6, 6.07) is 22.6. The summed E-state index contributed by atoms with van der Waals surface area (Å²) in [5, 5.41) is 4.34. The molecule has 0 spiro atoms. The van der Waals surface area contributed by atoms with Crippen molar-refractivity contribution in [3.05, 3.63) is 89.7 Å². The Balaban J connectivity index is 1.73. The first kappa shape index (κ1) is 16.2. The molecule has 3 nitrogen and oxygen atoms in total. The fourth-order valence-electron chi connectivity index (χ4n) is 2.91. The lowest BCUT2D eigenvalue weighted by atomic mass is 10.1. The first-order chi connectivity index (χ1) is 12.7. The summed E-state index contributed by atoms with van der Waals surface area (Å²) in [6.07, 6.45) is 0. The third-order valence-corrected chi connectivity index (χ3v) is 4.25. The number of aromatic nitrogens is 2. The van der Waals surface area contributed by atoms with Crippen molar-refractivity contribution in [3.63, 3.8) is 0 Å². The van der Waals surface area contributed by atoms with Gasteiger partial charge in [-0.05, 0) is 42.8 Å². The summed E-state index contributed by atoms with van der Waals surface area (Å²) in [4.78, 5) is 9.46. The van der Waals surface area contributed by atoms with E-state index in [1.807, 2.05) is 36.4 Å². The molecule has 0 fully saturated rings. The van der Waals surface area contributed by atoms with Gasteiger partial charge in [-0.1, -0.05) is 48.0 Å². The minimum atomic E-state index is -0.233. The van der Waals surface area contributed by atoms with Crippen LogP contribution in [0.2, 0.25) is 0 Å². The van der Waals surface area contributed by atoms with Gasteiger partial charge in [0, 0.05) is 17.5 Å². The van der Waals surface area contributed by atoms with Crippen molar-refractivity contribution in [1.29, 1.82) is 0 Å². The Morgan fingerprint density at radius 3 is 2.50 bits per heavy atom. The highest BCUT2D eigenvalue weighted by atomic mass is 19.1. The number of nitrogens with one attached hydrogen (secondary N) is 1. The minimum Gasteiger partial charge on any atom is -0.365 e. The van der Waals surface area contributed by atoms with Crippen molar-refractivity contribution in [2.24, 2.45) is 0 Å². The second kappa shape index (κ2) is 6.92. The van der Waals surface area contributed by atoms with Gasteiger partial charge in [0.15, 0.2) is 5.82 Å². The van der Waals surface area contributed by atoms with Crippen LogP contribution in [-0.2, 0) is 6.54 Å². The molecule has 0 amide bonds. The van der Waals surface area contributed by atoms with Crippen LogP contribution >= 0.6 is 0 Å². The highest BCUT2D eigenvalue weighted by Gasteiger charge is 2.09. The maximum absolute atomic E-state index is 13.1. The number of rotatable bonds is 4. The standard InChI is InChI=1S/C22H18FN3/c1-15-5-4-6-17(13-15)21-25-20-8-3-2-7-19(20)22(26-21)24-14-16-9-11-18(23)12-10-16/h2-13H,14H2,1H3,(H,24,25,26). The molecule has 128 valence electrons. The Morgan fingerprint density at radius 1 is 0.885 bits per heavy atom. The fourth-order valence-corrected chi connectivity index (χ4v) is 2.91. The van der Waals surface area contributed by atoms with E-state index in [1.54, 1.807) is 12.1 Å². The van der Waals surface area contributed by atoms with Crippen LogP contribution in [0.3, 0.4) is 0 Å². The molecule has 1 aromatic heterocycles. The van der Waals surface area contributed by atoms with Crippen molar-refractivity contribution in [2.75, 3.05) is 5.32 Å². The van der Waals surface area contributed by atoms with Gasteiger partial charge in [-0.15, -0.1) is 0 Å². The molecule has 0 bridgehead atoms. The predicted octanol–water partition coefficient (Wildman–Crippen LogP) is 5.36. The summed E-state index contributed by atoms with van der Waals surface area (Å²) in [5.74, 6) is 1.23. The van der Waals surface area contributed by atoms with E-state index in [1.165, 1.54) is 17.7 Å². The van der Waals surface area contributed by atoms with Gasteiger partial charge in [-0.3, -0.25) is 0 Å². The highest BCUT2D eigenvalue weighted by Crippen LogP contribution is 2.25. The van der Waals surface area contributed by atoms with Crippen LogP contribution in [0.25, 0.3) is 22.3 Å². The predicted molar refractivity (Wildman–Crippen MR) is 103 cm³/mol. The van der Waals surface area contributed by atoms with Gasteiger partial charge in [0.25, 0.3) is 0 Å². The average molecular weight is 343 g/mol. The molecule has 0 aliphatic heterocycles. The first-order valence-electron chi connectivity index (χ1n) is 8.51. The molecule has 0 unspecified atom stereocenters. The van der Waals surface area contributed by atoms with Crippen molar-refractivity contribution in [1.82, 2.24) is 9.97 Å². The van der Waals surface area contributed by atoms with Crippen molar-refractivity contribution < 1.29 is 4.39 Å². The molecule has 4 rings (SSSR count). The zero-order valence-electron chi connectivity index (χ0n) is 14.4. The van der Waals surface area contributed by atoms with E-state index in [2.05, 4.69) is 24.4 Å². The summed E-state index contributed by atoms with van der Waals surface area (Å²) in [5.41, 5.74) is 4.03. The smallest absolute Gasteiger partial charge is 0.162 e. The number of aryl methyl sites for hydroxylation is 1. The van der Waals surface area contributed by atoms with Crippen LogP contribution in [0.1, 0.15) is 11.1 Å². The molecule has 1 heterocycles. The lowest BCUT2D eigenvalue weighted by molar-refractivity contribution is 0.627. The van der Waals surface area contributed by atoms with Gasteiger partial charge >= 0.3 is 0 Å². The quantitative estimate of drug-likeness (QED) is 0.542. The van der Waals surface area contributed by atoms with Crippen LogP contribution in [0.15, 0.2) is 72.8 Å². The second-order valence-electron chi connectivity index (χ2n) is 6.26. The highest BCUT2D eigenvalue weighted by molar-refractivity contribution is 5.90. The van der Waals surface area contributed by atoms with E-state index >= 15 is 0 Å². The number of hydrogen-bond acceptors (Lipinski definition) is 3. The molecule has 1 N–H and O–H groups in total. The molecule has 3 aromatic carbocycles. The van der Waals surface area contributed by atoms with Crippen molar-refractivity contribution >= 4 is 16.7 Å². The Kier molecular flexibility index (Phi) is 4.32. The molecule has 0 saturated heterocycles. The van der Waals surface area contributed by atoms with Gasteiger partial charge in [0.05, 0.1) is 5.52 Å². The Hall–Kier alpha value is -3.27. The van der Waals surface area contributed by atoms with E-state index in [-0.39, 0.29) is 5.82 Å². The average Bonchev–Trinajstić information content (AvgIpc) is 2.67. The molecule has 0 aliphatic rings. The lowest BCUT2D eigenvalue weighted by Crippen LogP contribution is -2.04. The maximum atomic E-state index is 13.1. The van der Waals surface area contributed by atoms with Gasteiger partial charge < -0.3 is 5.32 Å². The number of benzene rings is 3. The Bertz CT molecular complexity index is 1060. The largest absolute Gasteiger partial charge is 0.365 e. The maximum Gasteiger partial charge on any atom is 0.162 e. The van der Waals surface area contributed by atoms with Crippen LogP contribution in [0.4, 0.5) is 10.2 Å². The van der Waals surface area contributed by atoms with Gasteiger partial charge in [0.1, 0.15) is 11.6 Å². The zero-order chi connectivity index (χ0) is 17.9. The minimum absolute atomic E-state index is 0.233. The number of para-hydroxylation sites is 1. The van der Waals surface area contributed by atoms with Gasteiger partial charge in [0.2, 0.25) is 0 Å². The number of fused-ring (bicyclic) bond motifs is 1. The molecule has 4 heteroatoms. The molecule has 0 atom stereocenters. The topological polar surface area (TPSA) is 37.8 Å². The molecular formula is C22H18FN3. The summed E-state index contributed by atoms with van der Waals surface area (Å²) in [6.45, 7) is 2.62. The van der Waals surface area contributed by atoms with E-state index in [9.17, 15) is 4.39 Å².